The van der Waals surface area contributed by atoms with E-state index in [0.717, 1.165) is 5.39 Å². The number of fused-ring (bicyclic) bond motifs is 1. The van der Waals surface area contributed by atoms with Gasteiger partial charge in [-0.2, -0.15) is 0 Å². The number of carbonyl (C=O) groups is 2. The highest BCUT2D eigenvalue weighted by Crippen LogP contribution is 2.28. The zero-order chi connectivity index (χ0) is 21.1. The van der Waals surface area contributed by atoms with Gasteiger partial charge in [0.2, 0.25) is 0 Å². The molecule has 0 aliphatic rings. The molecular formula is C24H20N2O4. The molecule has 0 unspecified atom stereocenters. The van der Waals surface area contributed by atoms with E-state index in [1.54, 1.807) is 30.5 Å². The average Bonchev–Trinajstić information content (AvgIpc) is 3.13. The molecule has 0 aliphatic carbocycles. The van der Waals surface area contributed by atoms with Crippen LogP contribution in [0.4, 0.5) is 0 Å². The predicted octanol–water partition coefficient (Wildman–Crippen LogP) is 4.08. The summed E-state index contributed by atoms with van der Waals surface area (Å²) in [6.45, 7) is 0. The van der Waals surface area contributed by atoms with Gasteiger partial charge in [-0.05, 0) is 35.9 Å². The zero-order valence-electron chi connectivity index (χ0n) is 16.1. The van der Waals surface area contributed by atoms with E-state index in [-0.39, 0.29) is 12.3 Å². The van der Waals surface area contributed by atoms with Gasteiger partial charge in [-0.1, -0.05) is 48.5 Å². The van der Waals surface area contributed by atoms with E-state index in [0.29, 0.717) is 28.1 Å². The molecule has 0 bridgehead atoms. The molecule has 30 heavy (non-hydrogen) atoms. The third kappa shape index (κ3) is 3.81. The molecule has 150 valence electrons. The Morgan fingerprint density at radius 1 is 0.933 bits per heavy atom. The molecule has 0 fully saturated rings. The van der Waals surface area contributed by atoms with Gasteiger partial charge in [0.15, 0.2) is 0 Å². The van der Waals surface area contributed by atoms with Gasteiger partial charge in [0, 0.05) is 18.0 Å². The monoisotopic (exact) mass is 400 g/mol. The molecular weight excluding hydrogens is 380 g/mol. The smallest absolute Gasteiger partial charge is 0.320 e. The van der Waals surface area contributed by atoms with Gasteiger partial charge in [-0.25, -0.2) is 0 Å². The summed E-state index contributed by atoms with van der Waals surface area (Å²) in [6.07, 6.45) is 1.79. The predicted molar refractivity (Wildman–Crippen MR) is 114 cm³/mol. The number of carbonyl (C=O) groups excluding carboxylic acids is 1. The van der Waals surface area contributed by atoms with Gasteiger partial charge in [0.1, 0.15) is 17.5 Å². The highest BCUT2D eigenvalue weighted by atomic mass is 16.5. The molecule has 6 heteroatoms. The quantitative estimate of drug-likeness (QED) is 0.509. The second kappa shape index (κ2) is 8.23. The van der Waals surface area contributed by atoms with E-state index in [1.807, 2.05) is 54.6 Å². The maximum absolute atomic E-state index is 13.4. The number of aromatic nitrogens is 1. The second-order valence-corrected chi connectivity index (χ2v) is 6.91. The van der Waals surface area contributed by atoms with Crippen LogP contribution in [0.15, 0.2) is 85.1 Å². The topological polar surface area (TPSA) is 94.5 Å². The molecule has 1 heterocycles. The molecule has 6 nitrogen and oxygen atoms in total. The molecule has 4 rings (SSSR count). The van der Waals surface area contributed by atoms with Crippen LogP contribution in [-0.2, 0) is 11.2 Å². The average molecular weight is 400 g/mol. The Labute approximate surface area is 173 Å². The van der Waals surface area contributed by atoms with Crippen LogP contribution in [0.3, 0.4) is 0 Å². The van der Waals surface area contributed by atoms with Gasteiger partial charge >= 0.3 is 5.97 Å². The summed E-state index contributed by atoms with van der Waals surface area (Å²) in [4.78, 5) is 24.6. The first-order valence-electron chi connectivity index (χ1n) is 9.48. The number of ether oxygens (including phenoxy) is 1. The first-order chi connectivity index (χ1) is 14.5. The van der Waals surface area contributed by atoms with Gasteiger partial charge in [0.05, 0.1) is 11.1 Å². The third-order valence-corrected chi connectivity index (χ3v) is 4.86. The SMILES string of the molecule is N[C@@H](Cc1cn(C(=O)c2ccccc2Oc2ccccc2)c2ccccc12)C(=O)O. The molecule has 0 amide bonds. The van der Waals surface area contributed by atoms with Crippen LogP contribution in [0.25, 0.3) is 10.9 Å². The van der Waals surface area contributed by atoms with Gasteiger partial charge in [-0.15, -0.1) is 0 Å². The van der Waals surface area contributed by atoms with Crippen LogP contribution < -0.4 is 10.5 Å². The minimum absolute atomic E-state index is 0.123. The van der Waals surface area contributed by atoms with E-state index in [9.17, 15) is 14.7 Å². The third-order valence-electron chi connectivity index (χ3n) is 4.86. The van der Waals surface area contributed by atoms with Gasteiger partial charge < -0.3 is 15.6 Å². The van der Waals surface area contributed by atoms with Crippen molar-refractivity contribution in [2.24, 2.45) is 5.73 Å². The van der Waals surface area contributed by atoms with E-state index < -0.39 is 12.0 Å². The van der Waals surface area contributed by atoms with Crippen LogP contribution in [0, 0.1) is 0 Å². The molecule has 4 aromatic rings. The highest BCUT2D eigenvalue weighted by Gasteiger charge is 2.21. The maximum atomic E-state index is 13.4. The number of aliphatic carboxylic acids is 1. The largest absolute Gasteiger partial charge is 0.480 e. The van der Waals surface area contributed by atoms with Gasteiger partial charge in [-0.3, -0.25) is 14.2 Å². The number of hydrogen-bond acceptors (Lipinski definition) is 4. The van der Waals surface area contributed by atoms with Crippen molar-refractivity contribution in [1.29, 1.82) is 0 Å². The van der Waals surface area contributed by atoms with Crippen molar-refractivity contribution in [3.05, 3.63) is 96.2 Å². The molecule has 1 atom stereocenters. The summed E-state index contributed by atoms with van der Waals surface area (Å²) in [5.74, 6) is -0.286. The second-order valence-electron chi connectivity index (χ2n) is 6.91. The molecule has 3 N–H and O–H groups in total. The Kier molecular flexibility index (Phi) is 5.32. The first kappa shape index (κ1) is 19.4. The van der Waals surface area contributed by atoms with Crippen LogP contribution in [0.5, 0.6) is 11.5 Å². The summed E-state index contributed by atoms with van der Waals surface area (Å²) in [7, 11) is 0. The number of carboxylic acids is 1. The Balaban J connectivity index is 1.75. The van der Waals surface area contributed by atoms with Crippen molar-refractivity contribution in [2.45, 2.75) is 12.5 Å². The molecule has 0 saturated heterocycles. The number of benzene rings is 3. The summed E-state index contributed by atoms with van der Waals surface area (Å²) in [6, 6.07) is 22.6. The minimum atomic E-state index is -1.08. The molecule has 3 aromatic carbocycles. The van der Waals surface area contributed by atoms with E-state index in [1.165, 1.54) is 4.57 Å². The molecule has 1 aromatic heterocycles. The van der Waals surface area contributed by atoms with Crippen molar-refractivity contribution in [1.82, 2.24) is 4.57 Å². The Hall–Kier alpha value is -3.90. The molecule has 0 spiro atoms. The molecule has 0 saturated carbocycles. The summed E-state index contributed by atoms with van der Waals surface area (Å²) >= 11 is 0. The lowest BCUT2D eigenvalue weighted by Crippen LogP contribution is -2.32. The first-order valence-corrected chi connectivity index (χ1v) is 9.48. The van der Waals surface area contributed by atoms with Crippen molar-refractivity contribution in [3.63, 3.8) is 0 Å². The van der Waals surface area contributed by atoms with Crippen LogP contribution >= 0.6 is 0 Å². The van der Waals surface area contributed by atoms with E-state index >= 15 is 0 Å². The van der Waals surface area contributed by atoms with Crippen LogP contribution in [0.2, 0.25) is 0 Å². The fraction of sp³-hybridized carbons (Fsp3) is 0.0833. The van der Waals surface area contributed by atoms with Crippen molar-refractivity contribution in [3.8, 4) is 11.5 Å². The van der Waals surface area contributed by atoms with E-state index in [2.05, 4.69) is 0 Å². The summed E-state index contributed by atoms with van der Waals surface area (Å²) in [5.41, 5.74) is 7.52. The number of carboxylic acid groups (broad SMARTS) is 1. The lowest BCUT2D eigenvalue weighted by Gasteiger charge is -2.11. The van der Waals surface area contributed by atoms with Crippen molar-refractivity contribution >= 4 is 22.8 Å². The number of nitrogens with two attached hydrogens (primary N) is 1. The molecule has 0 radical (unpaired) electrons. The van der Waals surface area contributed by atoms with E-state index in [4.69, 9.17) is 10.5 Å². The number of nitrogens with zero attached hydrogens (tertiary/aromatic N) is 1. The Morgan fingerprint density at radius 3 is 2.37 bits per heavy atom. The van der Waals surface area contributed by atoms with Crippen LogP contribution in [-0.4, -0.2) is 27.6 Å². The number of rotatable bonds is 6. The Morgan fingerprint density at radius 2 is 1.60 bits per heavy atom. The zero-order valence-corrected chi connectivity index (χ0v) is 16.1. The minimum Gasteiger partial charge on any atom is -0.480 e. The van der Waals surface area contributed by atoms with Crippen LogP contribution in [0.1, 0.15) is 15.9 Å². The van der Waals surface area contributed by atoms with Crippen molar-refractivity contribution < 1.29 is 19.4 Å². The summed E-state index contributed by atoms with van der Waals surface area (Å²) < 4.78 is 7.46. The standard InChI is InChI=1S/C24H20N2O4/c25-20(24(28)29)14-16-15-26(21-12-6-4-10-18(16)21)23(27)19-11-5-7-13-22(19)30-17-8-2-1-3-9-17/h1-13,15,20H,14,25H2,(H,28,29)/t20-/m0/s1. The maximum Gasteiger partial charge on any atom is 0.320 e. The lowest BCUT2D eigenvalue weighted by atomic mass is 10.1. The fourth-order valence-corrected chi connectivity index (χ4v) is 3.38. The normalized spacial score (nSPS) is 11.9. The highest BCUT2D eigenvalue weighted by molar-refractivity contribution is 6.04. The summed E-state index contributed by atoms with van der Waals surface area (Å²) in [5, 5.41) is 9.97. The van der Waals surface area contributed by atoms with Crippen molar-refractivity contribution in [2.75, 3.05) is 0 Å². The number of para-hydroxylation sites is 3. The van der Waals surface area contributed by atoms with Gasteiger partial charge in [0.25, 0.3) is 5.91 Å². The number of hydrogen-bond donors (Lipinski definition) is 2. The molecule has 0 aliphatic heterocycles. The fourth-order valence-electron chi connectivity index (χ4n) is 3.38. The lowest BCUT2D eigenvalue weighted by molar-refractivity contribution is -0.138. The Bertz CT molecular complexity index is 1210.